The number of hydrogen-bond donors (Lipinski definition) is 3. The van der Waals surface area contributed by atoms with Crippen molar-refractivity contribution in [1.82, 2.24) is 10.2 Å². The lowest BCUT2D eigenvalue weighted by Gasteiger charge is -2.34. The number of carbonyl (C=O) groups is 2. The van der Waals surface area contributed by atoms with Crippen LogP contribution in [0, 0.1) is 6.92 Å². The maximum Gasteiger partial charge on any atom is 0.245 e. The maximum absolute atomic E-state index is 13.2. The third kappa shape index (κ3) is 1.84. The summed E-state index contributed by atoms with van der Waals surface area (Å²) in [4.78, 5) is 26.0. The molecular weight excluding hydrogens is 344 g/mol. The quantitative estimate of drug-likeness (QED) is 0.761. The van der Waals surface area contributed by atoms with Crippen LogP contribution in [0.4, 0.5) is 5.69 Å². The molecule has 0 fully saturated rings. The van der Waals surface area contributed by atoms with Gasteiger partial charge in [0.25, 0.3) is 0 Å². The molecule has 8 heteroatoms. The Bertz CT molecular complexity index is 978. The summed E-state index contributed by atoms with van der Waals surface area (Å²) in [5, 5.41) is 10.2. The molecule has 2 aromatic rings. The third-order valence-corrected chi connectivity index (χ3v) is 4.93. The van der Waals surface area contributed by atoms with Crippen LogP contribution in [0.3, 0.4) is 0 Å². The van der Waals surface area contributed by atoms with E-state index in [0.29, 0.717) is 27.5 Å². The number of aryl methyl sites for hydroxylation is 1. The lowest BCUT2D eigenvalue weighted by molar-refractivity contribution is -0.122. The highest BCUT2D eigenvalue weighted by Gasteiger charge is 2.59. The Hall–Kier alpha value is -2.80. The monoisotopic (exact) mass is 358 g/mol. The fourth-order valence-electron chi connectivity index (χ4n) is 3.68. The van der Waals surface area contributed by atoms with E-state index in [0.717, 1.165) is 0 Å². The van der Waals surface area contributed by atoms with E-state index in [2.05, 4.69) is 15.5 Å². The zero-order valence-corrected chi connectivity index (χ0v) is 14.3. The molecule has 1 aromatic carbocycles. The number of nitrogens with two attached hydrogens (primary N) is 1. The molecule has 128 valence electrons. The van der Waals surface area contributed by atoms with E-state index in [-0.39, 0.29) is 35.4 Å². The van der Waals surface area contributed by atoms with E-state index in [1.54, 1.807) is 32.0 Å². The Labute approximate surface area is 148 Å². The number of Topliss-reactive ketones (excluding diaryl/α,β-unsaturated/α-hetero) is 1. The first-order chi connectivity index (χ1) is 11.9. The Morgan fingerprint density at radius 3 is 2.92 bits per heavy atom. The minimum Gasteiger partial charge on any atom is -0.421 e. The molecule has 7 nitrogen and oxygen atoms in total. The number of aromatic nitrogens is 2. The SMILES string of the molecule is CCC(=O)C1=C(N)Oc2n[nH]c(C)c2C12C(=O)Nc1ccc(Cl)cc12. The molecule has 4 rings (SSSR count). The largest absolute Gasteiger partial charge is 0.421 e. The summed E-state index contributed by atoms with van der Waals surface area (Å²) in [5.41, 5.74) is 7.00. The number of benzene rings is 1. The Morgan fingerprint density at radius 2 is 2.20 bits per heavy atom. The van der Waals surface area contributed by atoms with Gasteiger partial charge in [0.05, 0.1) is 11.1 Å². The number of ether oxygens (including phenoxy) is 1. The van der Waals surface area contributed by atoms with Gasteiger partial charge in [0.1, 0.15) is 5.41 Å². The highest BCUT2D eigenvalue weighted by atomic mass is 35.5. The number of fused-ring (bicyclic) bond motifs is 4. The molecule has 1 unspecified atom stereocenters. The fourth-order valence-corrected chi connectivity index (χ4v) is 3.85. The van der Waals surface area contributed by atoms with E-state index in [1.807, 2.05) is 0 Å². The number of hydrogen-bond acceptors (Lipinski definition) is 5. The van der Waals surface area contributed by atoms with Crippen molar-refractivity contribution in [2.45, 2.75) is 25.7 Å². The number of halogens is 1. The van der Waals surface area contributed by atoms with Crippen LogP contribution < -0.4 is 15.8 Å². The Morgan fingerprint density at radius 1 is 1.44 bits per heavy atom. The minimum absolute atomic E-state index is 0.116. The molecule has 1 amide bonds. The topological polar surface area (TPSA) is 110 Å². The molecular formula is C17H15ClN4O3. The smallest absolute Gasteiger partial charge is 0.245 e. The van der Waals surface area contributed by atoms with E-state index in [4.69, 9.17) is 22.1 Å². The van der Waals surface area contributed by atoms with E-state index in [1.165, 1.54) is 0 Å². The normalized spacial score (nSPS) is 21.0. The molecule has 0 saturated heterocycles. The Balaban J connectivity index is 2.16. The van der Waals surface area contributed by atoms with Crippen LogP contribution in [0.2, 0.25) is 5.02 Å². The lowest BCUT2D eigenvalue weighted by Crippen LogP contribution is -2.45. The lowest BCUT2D eigenvalue weighted by atomic mass is 9.67. The van der Waals surface area contributed by atoms with Crippen LogP contribution in [0.25, 0.3) is 0 Å². The molecule has 1 atom stereocenters. The Kier molecular flexibility index (Phi) is 3.20. The number of nitrogens with one attached hydrogen (secondary N) is 2. The van der Waals surface area contributed by atoms with Crippen molar-refractivity contribution in [3.8, 4) is 5.88 Å². The van der Waals surface area contributed by atoms with Gasteiger partial charge in [-0.15, -0.1) is 5.10 Å². The van der Waals surface area contributed by atoms with Crippen molar-refractivity contribution in [2.24, 2.45) is 5.73 Å². The first-order valence-corrected chi connectivity index (χ1v) is 8.17. The summed E-state index contributed by atoms with van der Waals surface area (Å²) in [6.45, 7) is 3.47. The zero-order chi connectivity index (χ0) is 17.9. The molecule has 4 N–H and O–H groups in total. The summed E-state index contributed by atoms with van der Waals surface area (Å²) < 4.78 is 5.55. The van der Waals surface area contributed by atoms with Crippen LogP contribution >= 0.6 is 11.6 Å². The van der Waals surface area contributed by atoms with Gasteiger partial charge in [-0.1, -0.05) is 18.5 Å². The van der Waals surface area contributed by atoms with Crippen LogP contribution in [0.5, 0.6) is 5.88 Å². The van der Waals surface area contributed by atoms with Crippen LogP contribution in [-0.2, 0) is 15.0 Å². The predicted octanol–water partition coefficient (Wildman–Crippen LogP) is 2.15. The third-order valence-electron chi connectivity index (χ3n) is 4.69. The summed E-state index contributed by atoms with van der Waals surface area (Å²) in [6, 6.07) is 5.06. The second-order valence-corrected chi connectivity index (χ2v) is 6.48. The van der Waals surface area contributed by atoms with Crippen molar-refractivity contribution in [1.29, 1.82) is 0 Å². The number of nitrogens with zero attached hydrogens (tertiary/aromatic N) is 1. The first-order valence-electron chi connectivity index (χ1n) is 7.79. The molecule has 0 aliphatic carbocycles. The van der Waals surface area contributed by atoms with Gasteiger partial charge in [0, 0.05) is 28.4 Å². The van der Waals surface area contributed by atoms with Gasteiger partial charge in [-0.3, -0.25) is 14.7 Å². The number of anilines is 1. The number of aromatic amines is 1. The van der Waals surface area contributed by atoms with Crippen LogP contribution in [-0.4, -0.2) is 21.9 Å². The number of rotatable bonds is 2. The van der Waals surface area contributed by atoms with Gasteiger partial charge < -0.3 is 15.8 Å². The second kappa shape index (κ2) is 5.10. The van der Waals surface area contributed by atoms with Crippen molar-refractivity contribution in [2.75, 3.05) is 5.32 Å². The maximum atomic E-state index is 13.2. The minimum atomic E-state index is -1.43. The van der Waals surface area contributed by atoms with E-state index < -0.39 is 5.41 Å². The van der Waals surface area contributed by atoms with Gasteiger partial charge in [0.15, 0.2) is 5.78 Å². The van der Waals surface area contributed by atoms with Gasteiger partial charge in [-0.05, 0) is 25.1 Å². The molecule has 0 bridgehead atoms. The van der Waals surface area contributed by atoms with Gasteiger partial charge >= 0.3 is 0 Å². The van der Waals surface area contributed by atoms with Crippen molar-refractivity contribution in [3.63, 3.8) is 0 Å². The second-order valence-electron chi connectivity index (χ2n) is 6.04. The average Bonchev–Trinajstić information content (AvgIpc) is 3.07. The molecule has 0 saturated carbocycles. The van der Waals surface area contributed by atoms with Crippen molar-refractivity contribution < 1.29 is 14.3 Å². The number of ketones is 1. The fraction of sp³-hybridized carbons (Fsp3) is 0.235. The highest BCUT2D eigenvalue weighted by Crippen LogP contribution is 2.54. The zero-order valence-electron chi connectivity index (χ0n) is 13.6. The first kappa shape index (κ1) is 15.7. The van der Waals surface area contributed by atoms with Crippen molar-refractivity contribution in [3.05, 3.63) is 51.5 Å². The molecule has 2 aliphatic heterocycles. The van der Waals surface area contributed by atoms with E-state index in [9.17, 15) is 9.59 Å². The molecule has 2 aliphatic rings. The molecule has 0 radical (unpaired) electrons. The summed E-state index contributed by atoms with van der Waals surface area (Å²) in [6.07, 6.45) is 0.177. The summed E-state index contributed by atoms with van der Waals surface area (Å²) >= 11 is 6.19. The number of carbonyl (C=O) groups excluding carboxylic acids is 2. The van der Waals surface area contributed by atoms with Crippen LogP contribution in [0.15, 0.2) is 29.7 Å². The van der Waals surface area contributed by atoms with Crippen LogP contribution in [0.1, 0.15) is 30.2 Å². The van der Waals surface area contributed by atoms with Gasteiger partial charge in [-0.2, -0.15) is 0 Å². The summed E-state index contributed by atoms with van der Waals surface area (Å²) in [7, 11) is 0. The molecule has 25 heavy (non-hydrogen) atoms. The van der Waals surface area contributed by atoms with E-state index >= 15 is 0 Å². The van der Waals surface area contributed by atoms with Gasteiger partial charge in [-0.25, -0.2) is 0 Å². The van der Waals surface area contributed by atoms with Crippen molar-refractivity contribution >= 4 is 29.0 Å². The summed E-state index contributed by atoms with van der Waals surface area (Å²) in [5.74, 6) is -0.579. The molecule has 1 spiro atoms. The predicted molar refractivity (Wildman–Crippen MR) is 91.3 cm³/mol. The molecule has 3 heterocycles. The highest BCUT2D eigenvalue weighted by molar-refractivity contribution is 6.31. The van der Waals surface area contributed by atoms with Gasteiger partial charge in [0.2, 0.25) is 17.7 Å². The standard InChI is InChI=1S/C17H15ClN4O3/c1-3-11(23)13-14(19)25-15-12(7(2)21-22-15)17(13)9-6-8(18)4-5-10(9)20-16(17)24/h4-6H,3,19H2,1-2H3,(H,20,24)(H,21,22). The average molecular weight is 359 g/mol. The molecule has 1 aromatic heterocycles. The number of amides is 1. The number of H-pyrrole nitrogens is 1.